The van der Waals surface area contributed by atoms with Crippen LogP contribution in [-0.2, 0) is 9.53 Å². The van der Waals surface area contributed by atoms with Crippen LogP contribution < -0.4 is 0 Å². The van der Waals surface area contributed by atoms with Crippen LogP contribution in [0, 0.1) is 11.8 Å². The Kier molecular flexibility index (Phi) is 2.83. The average molecular weight is 210 g/mol. The number of rotatable bonds is 1. The van der Waals surface area contributed by atoms with Crippen molar-refractivity contribution in [2.24, 2.45) is 11.8 Å². The first-order valence-electron chi connectivity index (χ1n) is 5.76. The molecule has 1 N–H and O–H groups in total. The summed E-state index contributed by atoms with van der Waals surface area (Å²) in [5.74, 6) is 1.18. The largest absolute Gasteiger partial charge is 0.469 e. The van der Waals surface area contributed by atoms with E-state index in [1.165, 1.54) is 0 Å². The van der Waals surface area contributed by atoms with Crippen LogP contribution >= 0.6 is 0 Å². The lowest BCUT2D eigenvalue weighted by molar-refractivity contribution is -0.138. The van der Waals surface area contributed by atoms with Crippen molar-refractivity contribution >= 4 is 5.78 Å². The number of ether oxygens (including phenoxy) is 1. The molecule has 3 atom stereocenters. The van der Waals surface area contributed by atoms with Crippen LogP contribution in [0.5, 0.6) is 0 Å². The standard InChI is InChI=1S/C12H18O3/c1-3-8-7(2)12(14)15-10-6-4-5-9(13)11(8)10/h7-8,12,14H,3-6H2,1-2H3. The van der Waals surface area contributed by atoms with Gasteiger partial charge in [0, 0.05) is 24.3 Å². The summed E-state index contributed by atoms with van der Waals surface area (Å²) in [4.78, 5) is 11.8. The number of hydrogen-bond donors (Lipinski definition) is 1. The Hall–Kier alpha value is -0.830. The van der Waals surface area contributed by atoms with Gasteiger partial charge in [0.1, 0.15) is 5.76 Å². The van der Waals surface area contributed by atoms with E-state index in [-0.39, 0.29) is 17.6 Å². The van der Waals surface area contributed by atoms with E-state index in [4.69, 9.17) is 4.74 Å². The van der Waals surface area contributed by atoms with Crippen LogP contribution in [0.2, 0.25) is 0 Å². The molecule has 0 spiro atoms. The lowest BCUT2D eigenvalue weighted by Crippen LogP contribution is -2.37. The van der Waals surface area contributed by atoms with Crippen molar-refractivity contribution in [1.82, 2.24) is 0 Å². The minimum atomic E-state index is -0.736. The Morgan fingerprint density at radius 2 is 2.20 bits per heavy atom. The molecule has 0 aromatic carbocycles. The number of hydrogen-bond acceptors (Lipinski definition) is 3. The van der Waals surface area contributed by atoms with Crippen LogP contribution in [0.1, 0.15) is 39.5 Å². The molecule has 2 rings (SSSR count). The molecular formula is C12H18O3. The fourth-order valence-corrected chi connectivity index (χ4v) is 2.66. The lowest BCUT2D eigenvalue weighted by atomic mass is 9.76. The van der Waals surface area contributed by atoms with E-state index in [2.05, 4.69) is 6.92 Å². The molecule has 84 valence electrons. The smallest absolute Gasteiger partial charge is 0.200 e. The summed E-state index contributed by atoms with van der Waals surface area (Å²) in [6, 6.07) is 0. The van der Waals surface area contributed by atoms with Crippen molar-refractivity contribution in [3.05, 3.63) is 11.3 Å². The van der Waals surface area contributed by atoms with Gasteiger partial charge in [0.2, 0.25) is 0 Å². The second kappa shape index (κ2) is 3.97. The first-order chi connectivity index (χ1) is 7.15. The normalized spacial score (nSPS) is 36.2. The summed E-state index contributed by atoms with van der Waals surface area (Å²) in [6.07, 6.45) is 2.46. The first-order valence-corrected chi connectivity index (χ1v) is 5.76. The molecule has 3 unspecified atom stereocenters. The molecule has 0 radical (unpaired) electrons. The Labute approximate surface area is 90.1 Å². The highest BCUT2D eigenvalue weighted by molar-refractivity contribution is 5.97. The minimum Gasteiger partial charge on any atom is -0.469 e. The Bertz CT molecular complexity index is 306. The zero-order chi connectivity index (χ0) is 11.0. The third-order valence-electron chi connectivity index (χ3n) is 3.57. The van der Waals surface area contributed by atoms with E-state index in [9.17, 15) is 9.90 Å². The summed E-state index contributed by atoms with van der Waals surface area (Å²) >= 11 is 0. The zero-order valence-electron chi connectivity index (χ0n) is 9.32. The molecule has 15 heavy (non-hydrogen) atoms. The second-order valence-electron chi connectivity index (χ2n) is 4.50. The third kappa shape index (κ3) is 1.69. The lowest BCUT2D eigenvalue weighted by Gasteiger charge is -2.37. The topological polar surface area (TPSA) is 46.5 Å². The fourth-order valence-electron chi connectivity index (χ4n) is 2.66. The number of aliphatic hydroxyl groups is 1. The van der Waals surface area contributed by atoms with E-state index >= 15 is 0 Å². The van der Waals surface area contributed by atoms with Gasteiger partial charge in [-0.3, -0.25) is 4.79 Å². The van der Waals surface area contributed by atoms with E-state index in [0.717, 1.165) is 30.6 Å². The van der Waals surface area contributed by atoms with Gasteiger partial charge in [-0.05, 0) is 18.8 Å². The molecule has 0 amide bonds. The number of Topliss-reactive ketones (excluding diaryl/α,β-unsaturated/α-hetero) is 1. The maximum Gasteiger partial charge on any atom is 0.200 e. The quantitative estimate of drug-likeness (QED) is 0.720. The van der Waals surface area contributed by atoms with Crippen molar-refractivity contribution in [2.75, 3.05) is 0 Å². The van der Waals surface area contributed by atoms with Gasteiger partial charge in [0.15, 0.2) is 12.1 Å². The summed E-state index contributed by atoms with van der Waals surface area (Å²) in [7, 11) is 0. The predicted molar refractivity (Wildman–Crippen MR) is 55.9 cm³/mol. The number of aliphatic hydroxyl groups excluding tert-OH is 1. The molecule has 1 heterocycles. The molecule has 1 aliphatic heterocycles. The van der Waals surface area contributed by atoms with Gasteiger partial charge < -0.3 is 9.84 Å². The van der Waals surface area contributed by atoms with E-state index in [0.29, 0.717) is 6.42 Å². The number of carbonyl (C=O) groups is 1. The van der Waals surface area contributed by atoms with Gasteiger partial charge in [-0.15, -0.1) is 0 Å². The van der Waals surface area contributed by atoms with Gasteiger partial charge >= 0.3 is 0 Å². The van der Waals surface area contributed by atoms with Crippen LogP contribution in [0.3, 0.4) is 0 Å². The Balaban J connectivity index is 2.38. The van der Waals surface area contributed by atoms with Gasteiger partial charge in [-0.2, -0.15) is 0 Å². The van der Waals surface area contributed by atoms with Gasteiger partial charge in [-0.25, -0.2) is 0 Å². The number of ketones is 1. The molecule has 0 aromatic rings. The highest BCUT2D eigenvalue weighted by Gasteiger charge is 2.39. The number of allylic oxidation sites excluding steroid dienone is 2. The van der Waals surface area contributed by atoms with E-state index < -0.39 is 6.29 Å². The zero-order valence-corrected chi connectivity index (χ0v) is 9.32. The van der Waals surface area contributed by atoms with Gasteiger partial charge in [0.05, 0.1) is 0 Å². The van der Waals surface area contributed by atoms with Crippen molar-refractivity contribution < 1.29 is 14.6 Å². The molecule has 0 bridgehead atoms. The summed E-state index contributed by atoms with van der Waals surface area (Å²) in [5.41, 5.74) is 0.863. The Morgan fingerprint density at radius 1 is 1.47 bits per heavy atom. The average Bonchev–Trinajstić information content (AvgIpc) is 2.21. The van der Waals surface area contributed by atoms with Gasteiger partial charge in [-0.1, -0.05) is 13.8 Å². The number of carbonyl (C=O) groups excluding carboxylic acids is 1. The highest BCUT2D eigenvalue weighted by atomic mass is 16.6. The SMILES string of the molecule is CCC1C2=C(CCCC2=O)OC(O)C1C. The van der Waals surface area contributed by atoms with Crippen molar-refractivity contribution in [3.8, 4) is 0 Å². The minimum absolute atomic E-state index is 0.0239. The van der Waals surface area contributed by atoms with Crippen molar-refractivity contribution in [3.63, 3.8) is 0 Å². The monoisotopic (exact) mass is 210 g/mol. The predicted octanol–water partition coefficient (Wildman–Crippen LogP) is 2.00. The molecule has 1 aliphatic carbocycles. The van der Waals surface area contributed by atoms with Gasteiger partial charge in [0.25, 0.3) is 0 Å². The molecule has 0 fully saturated rings. The molecule has 0 saturated carbocycles. The van der Waals surface area contributed by atoms with Crippen LogP contribution in [0.4, 0.5) is 0 Å². The molecule has 2 aliphatic rings. The van der Waals surface area contributed by atoms with E-state index in [1.54, 1.807) is 0 Å². The molecule has 0 aromatic heterocycles. The summed E-state index contributed by atoms with van der Waals surface area (Å²) in [5, 5.41) is 9.74. The van der Waals surface area contributed by atoms with Crippen LogP contribution in [0.25, 0.3) is 0 Å². The maximum absolute atomic E-state index is 11.8. The molecule has 3 heteroatoms. The molecular weight excluding hydrogens is 192 g/mol. The van der Waals surface area contributed by atoms with Crippen molar-refractivity contribution in [2.45, 2.75) is 45.8 Å². The van der Waals surface area contributed by atoms with Crippen molar-refractivity contribution in [1.29, 1.82) is 0 Å². The molecule has 0 saturated heterocycles. The van der Waals surface area contributed by atoms with Crippen LogP contribution in [0.15, 0.2) is 11.3 Å². The maximum atomic E-state index is 11.8. The second-order valence-corrected chi connectivity index (χ2v) is 4.50. The fraction of sp³-hybridized carbons (Fsp3) is 0.750. The van der Waals surface area contributed by atoms with Crippen LogP contribution in [-0.4, -0.2) is 17.2 Å². The molecule has 3 nitrogen and oxygen atoms in total. The van der Waals surface area contributed by atoms with E-state index in [1.807, 2.05) is 6.92 Å². The first kappa shape index (κ1) is 10.7. The summed E-state index contributed by atoms with van der Waals surface area (Å²) < 4.78 is 5.42. The third-order valence-corrected chi connectivity index (χ3v) is 3.57. The summed E-state index contributed by atoms with van der Waals surface area (Å²) in [6.45, 7) is 4.01. The Morgan fingerprint density at radius 3 is 2.87 bits per heavy atom. The highest BCUT2D eigenvalue weighted by Crippen LogP contribution is 2.40.